The number of hydrogen-bond donors (Lipinski definition) is 4. The van der Waals surface area contributed by atoms with Crippen molar-refractivity contribution >= 4 is 86.0 Å². The SMILES string of the molecule is BrCCOc1ccccc1C1=c2ccc([nH]2)=C(c2ccccc2OCCBr)c2ccc([nH]2)C(c2ccccc2OCCBr)=c2ccc([nH]2)=C(c2ccccc2OCCBr)c2ccc1[nH]2. The molecule has 8 nitrogen and oxygen atoms in total. The number of alkyl halides is 4. The minimum atomic E-state index is 0.513. The van der Waals surface area contributed by atoms with Crippen molar-refractivity contribution in [3.8, 4) is 23.0 Å². The number of H-pyrrole nitrogens is 4. The molecule has 0 saturated carbocycles. The first-order chi connectivity index (χ1) is 31.6. The van der Waals surface area contributed by atoms with E-state index in [-0.39, 0.29) is 0 Å². The molecule has 0 atom stereocenters. The second-order valence-corrected chi connectivity index (χ2v) is 17.9. The van der Waals surface area contributed by atoms with Gasteiger partial charge in [-0.05, 0) is 72.8 Å². The molecule has 5 heterocycles. The van der Waals surface area contributed by atoms with E-state index in [1.165, 1.54) is 0 Å². The maximum absolute atomic E-state index is 6.41. The third-order valence-corrected chi connectivity index (χ3v) is 12.2. The first-order valence-corrected chi connectivity index (χ1v) is 25.5. The Hall–Kier alpha value is -5.40. The fourth-order valence-electron chi connectivity index (χ4n) is 8.28. The smallest absolute Gasteiger partial charge is 0.127 e. The van der Waals surface area contributed by atoms with E-state index >= 15 is 0 Å². The molecule has 0 saturated heterocycles. The maximum atomic E-state index is 6.41. The molecule has 324 valence electrons. The highest BCUT2D eigenvalue weighted by atomic mass is 79.9. The number of rotatable bonds is 16. The lowest BCUT2D eigenvalue weighted by atomic mass is 10.0. The van der Waals surface area contributed by atoms with Gasteiger partial charge in [0.15, 0.2) is 0 Å². The van der Waals surface area contributed by atoms with E-state index in [1.807, 2.05) is 48.5 Å². The highest BCUT2D eigenvalue weighted by Gasteiger charge is 2.23. The van der Waals surface area contributed by atoms with Crippen LogP contribution >= 0.6 is 63.7 Å². The van der Waals surface area contributed by atoms with Gasteiger partial charge in [-0.25, -0.2) is 0 Å². The molecule has 0 fully saturated rings. The van der Waals surface area contributed by atoms with Gasteiger partial charge in [-0.3, -0.25) is 0 Å². The molecule has 4 aromatic carbocycles. The van der Waals surface area contributed by atoms with E-state index < -0.39 is 0 Å². The van der Waals surface area contributed by atoms with Gasteiger partial charge in [0, 0.05) is 110 Å². The lowest BCUT2D eigenvalue weighted by molar-refractivity contribution is 0.344. The van der Waals surface area contributed by atoms with Crippen LogP contribution in [0.1, 0.15) is 45.0 Å². The minimum absolute atomic E-state index is 0.513. The Labute approximate surface area is 404 Å². The number of ether oxygens (including phenoxy) is 4. The summed E-state index contributed by atoms with van der Waals surface area (Å²) >= 11 is 14.3. The Morgan fingerprint density at radius 3 is 0.750 bits per heavy atom. The van der Waals surface area contributed by atoms with Gasteiger partial charge in [-0.2, -0.15) is 0 Å². The fraction of sp³-hybridized carbons (Fsp3) is 0.154. The van der Waals surface area contributed by atoms with Crippen molar-refractivity contribution in [3.63, 3.8) is 0 Å². The summed E-state index contributed by atoms with van der Waals surface area (Å²) in [5.41, 5.74) is 11.2. The van der Waals surface area contributed by atoms with Crippen molar-refractivity contribution in [3.05, 3.63) is 212 Å². The summed E-state index contributed by atoms with van der Waals surface area (Å²) in [6.07, 6.45) is 0. The van der Waals surface area contributed by atoms with Gasteiger partial charge in [-0.1, -0.05) is 137 Å². The second kappa shape index (κ2) is 20.6. The van der Waals surface area contributed by atoms with Gasteiger partial charge < -0.3 is 38.9 Å². The van der Waals surface area contributed by atoms with Gasteiger partial charge in [0.2, 0.25) is 0 Å². The lowest BCUT2D eigenvalue weighted by Gasteiger charge is -2.15. The Morgan fingerprint density at radius 2 is 0.516 bits per heavy atom. The van der Waals surface area contributed by atoms with Gasteiger partial charge in [0.1, 0.15) is 23.0 Å². The first kappa shape index (κ1) is 43.8. The number of para-hydroxylation sites is 4. The largest absolute Gasteiger partial charge is 0.492 e. The fourth-order valence-corrected chi connectivity index (χ4v) is 8.93. The third kappa shape index (κ3) is 9.11. The maximum Gasteiger partial charge on any atom is 0.127 e. The summed E-state index contributed by atoms with van der Waals surface area (Å²) in [5.74, 6) is 3.11. The van der Waals surface area contributed by atoms with Crippen molar-refractivity contribution in [2.24, 2.45) is 0 Å². The van der Waals surface area contributed by atoms with Crippen LogP contribution in [-0.2, 0) is 0 Å². The van der Waals surface area contributed by atoms with Crippen LogP contribution in [0.3, 0.4) is 0 Å². The topological polar surface area (TPSA) is 100 Å². The molecule has 4 N–H and O–H groups in total. The molecule has 1 aliphatic heterocycles. The standard InChI is InChI=1S/C52H44Br4N4O4/c53-25-29-61-45-13-5-1-9-33(45)49-37-17-19-39(57-37)50(34-10-2-6-14-46(34)62-30-26-54)41-21-23-43(59-41)52(36-12-4-8-16-48(36)64-32-28-56)44-24-22-42(60-44)51(40-20-18-38(49)58-40)35-11-3-7-15-47(35)63-31-27-55/h1-24,57-60H,25-32H2. The van der Waals surface area contributed by atoms with Gasteiger partial charge in [-0.15, -0.1) is 0 Å². The quantitative estimate of drug-likeness (QED) is 0.0726. The molecule has 1 aliphatic rings. The van der Waals surface area contributed by atoms with E-state index in [1.54, 1.807) is 0 Å². The summed E-state index contributed by atoms with van der Waals surface area (Å²) in [6, 6.07) is 50.0. The van der Waals surface area contributed by atoms with E-state index in [4.69, 9.17) is 18.9 Å². The second-order valence-electron chi connectivity index (χ2n) is 14.8. The number of nitrogens with one attached hydrogen (secondary N) is 4. The minimum Gasteiger partial charge on any atom is -0.492 e. The number of halogens is 4. The van der Waals surface area contributed by atoms with Crippen LogP contribution in [0.4, 0.5) is 0 Å². The van der Waals surface area contributed by atoms with Crippen LogP contribution in [0.15, 0.2) is 146 Å². The molecule has 0 aliphatic carbocycles. The molecule has 64 heavy (non-hydrogen) atoms. The van der Waals surface area contributed by atoms with Crippen molar-refractivity contribution in [2.75, 3.05) is 47.7 Å². The molecule has 4 aromatic heterocycles. The third-order valence-electron chi connectivity index (χ3n) is 10.9. The van der Waals surface area contributed by atoms with Gasteiger partial charge >= 0.3 is 0 Å². The molecule has 0 radical (unpaired) electrons. The Bertz CT molecular complexity index is 2750. The van der Waals surface area contributed by atoms with E-state index in [0.29, 0.717) is 47.7 Å². The molecule has 8 aromatic rings. The number of fused-ring (bicyclic) bond motifs is 8. The van der Waals surface area contributed by atoms with Crippen LogP contribution in [-0.4, -0.2) is 67.7 Å². The molecular weight excluding hydrogens is 1060 g/mol. The molecule has 0 unspecified atom stereocenters. The Kier molecular flexibility index (Phi) is 14.1. The van der Waals surface area contributed by atoms with Crippen LogP contribution in [0, 0.1) is 0 Å². The van der Waals surface area contributed by atoms with E-state index in [9.17, 15) is 0 Å². The van der Waals surface area contributed by atoms with Gasteiger partial charge in [0.05, 0.1) is 26.4 Å². The molecule has 12 heteroatoms. The Balaban J connectivity index is 1.43. The predicted molar refractivity (Wildman–Crippen MR) is 271 cm³/mol. The van der Waals surface area contributed by atoms with Crippen molar-refractivity contribution < 1.29 is 18.9 Å². The zero-order valence-electron chi connectivity index (χ0n) is 34.7. The summed E-state index contributed by atoms with van der Waals surface area (Å²) in [4.78, 5) is 15.6. The van der Waals surface area contributed by atoms with Crippen LogP contribution in [0.2, 0.25) is 0 Å². The Morgan fingerprint density at radius 1 is 0.281 bits per heavy atom. The number of hydrogen-bond acceptors (Lipinski definition) is 4. The molecule has 0 amide bonds. The van der Waals surface area contributed by atoms with Crippen LogP contribution in [0.25, 0.3) is 22.3 Å². The van der Waals surface area contributed by atoms with Crippen molar-refractivity contribution in [2.45, 2.75) is 0 Å². The highest BCUT2D eigenvalue weighted by molar-refractivity contribution is 9.09. The first-order valence-electron chi connectivity index (χ1n) is 21.0. The number of aromatic amines is 4. The zero-order valence-corrected chi connectivity index (χ0v) is 41.0. The average Bonchev–Trinajstić information content (AvgIpc) is 4.19. The monoisotopic (exact) mass is 1100 g/mol. The summed E-state index contributed by atoms with van der Waals surface area (Å²) in [5, 5.41) is 6.42. The van der Waals surface area contributed by atoms with Crippen LogP contribution < -0.4 is 40.3 Å². The molecule has 0 spiro atoms. The summed E-state index contributed by atoms with van der Waals surface area (Å²) < 4.78 is 25.6. The zero-order chi connectivity index (χ0) is 43.8. The molecule has 8 bridgehead atoms. The highest BCUT2D eigenvalue weighted by Crippen LogP contribution is 2.35. The predicted octanol–water partition coefficient (Wildman–Crippen LogP) is 9.40. The van der Waals surface area contributed by atoms with Crippen LogP contribution in [0.5, 0.6) is 23.0 Å². The van der Waals surface area contributed by atoms with Crippen molar-refractivity contribution in [1.82, 2.24) is 19.9 Å². The van der Waals surface area contributed by atoms with Crippen molar-refractivity contribution in [1.29, 1.82) is 0 Å². The number of benzene rings is 4. The van der Waals surface area contributed by atoms with E-state index in [0.717, 1.165) is 112 Å². The molecular formula is C52H44Br4N4O4. The summed E-state index contributed by atoms with van der Waals surface area (Å²) in [6.45, 7) is 2.05. The lowest BCUT2D eigenvalue weighted by Crippen LogP contribution is -2.20. The number of aromatic nitrogens is 4. The van der Waals surface area contributed by atoms with Gasteiger partial charge in [0.25, 0.3) is 0 Å². The normalized spacial score (nSPS) is 12.4. The summed E-state index contributed by atoms with van der Waals surface area (Å²) in [7, 11) is 0. The van der Waals surface area contributed by atoms with E-state index in [2.05, 4.69) is 181 Å². The molecule has 9 rings (SSSR count). The average molecular weight is 1110 g/mol.